The average molecular weight is 350 g/mol. The summed E-state index contributed by atoms with van der Waals surface area (Å²) in [7, 11) is 1.56. The van der Waals surface area contributed by atoms with Gasteiger partial charge >= 0.3 is 0 Å². The van der Waals surface area contributed by atoms with Gasteiger partial charge in [0.25, 0.3) is 11.8 Å². The summed E-state index contributed by atoms with van der Waals surface area (Å²) < 4.78 is 11.1. The van der Waals surface area contributed by atoms with Crippen LogP contribution in [0, 0.1) is 0 Å². The van der Waals surface area contributed by atoms with Crippen LogP contribution in [0.25, 0.3) is 0 Å². The van der Waals surface area contributed by atoms with Crippen LogP contribution in [0.4, 0.5) is 5.69 Å². The van der Waals surface area contributed by atoms with Crippen LogP contribution in [0.5, 0.6) is 5.75 Å². The van der Waals surface area contributed by atoms with Gasteiger partial charge < -0.3 is 19.8 Å². The molecule has 132 valence electrons. The highest BCUT2D eigenvalue weighted by molar-refractivity contribution is 6.02. The molecule has 0 bridgehead atoms. The highest BCUT2D eigenvalue weighted by atomic mass is 16.5. The number of carbonyl (C=O) groups excluding carboxylic acids is 2. The van der Waals surface area contributed by atoms with Gasteiger partial charge in [0, 0.05) is 18.3 Å². The molecule has 0 unspecified atom stereocenters. The lowest BCUT2D eigenvalue weighted by molar-refractivity contribution is 0.0961. The second-order valence-electron chi connectivity index (χ2n) is 5.48. The summed E-state index contributed by atoms with van der Waals surface area (Å²) in [6.07, 6.45) is 0. The second kappa shape index (κ2) is 8.02. The fraction of sp³-hybridized carbons (Fsp3) is 0.100. The molecular weight excluding hydrogens is 332 g/mol. The molecule has 0 aliphatic carbocycles. The number of amides is 2. The molecule has 1 heterocycles. The van der Waals surface area contributed by atoms with Crippen molar-refractivity contribution in [2.24, 2.45) is 0 Å². The largest absolute Gasteiger partial charge is 0.486 e. The quantitative estimate of drug-likeness (QED) is 0.713. The fourth-order valence-corrected chi connectivity index (χ4v) is 2.29. The first-order chi connectivity index (χ1) is 12.7. The van der Waals surface area contributed by atoms with Crippen molar-refractivity contribution < 1.29 is 18.7 Å². The number of anilines is 1. The lowest BCUT2D eigenvalue weighted by atomic mass is 10.2. The lowest BCUT2D eigenvalue weighted by Gasteiger charge is -2.05. The Morgan fingerprint density at radius 1 is 0.923 bits per heavy atom. The molecule has 0 saturated carbocycles. The van der Waals surface area contributed by atoms with E-state index in [0.717, 1.165) is 5.75 Å². The topological polar surface area (TPSA) is 80.6 Å². The molecule has 0 saturated heterocycles. The molecule has 26 heavy (non-hydrogen) atoms. The van der Waals surface area contributed by atoms with E-state index < -0.39 is 0 Å². The van der Waals surface area contributed by atoms with E-state index in [4.69, 9.17) is 9.15 Å². The SMILES string of the molecule is CNC(=O)c1ccc(NC(=O)c2ccc(COc3ccccc3)o2)cc1. The smallest absolute Gasteiger partial charge is 0.291 e. The maximum Gasteiger partial charge on any atom is 0.291 e. The molecule has 0 aliphatic rings. The molecule has 2 N–H and O–H groups in total. The summed E-state index contributed by atoms with van der Waals surface area (Å²) in [5, 5.41) is 5.26. The fourth-order valence-electron chi connectivity index (χ4n) is 2.29. The maximum atomic E-state index is 12.3. The zero-order valence-electron chi connectivity index (χ0n) is 14.2. The highest BCUT2D eigenvalue weighted by Crippen LogP contribution is 2.16. The molecule has 2 aromatic carbocycles. The summed E-state index contributed by atoms with van der Waals surface area (Å²) >= 11 is 0. The molecule has 0 radical (unpaired) electrons. The number of hydrogen-bond donors (Lipinski definition) is 2. The molecule has 0 atom stereocenters. The minimum atomic E-state index is -0.372. The van der Waals surface area contributed by atoms with Crippen molar-refractivity contribution in [3.8, 4) is 5.75 Å². The summed E-state index contributed by atoms with van der Waals surface area (Å²) in [4.78, 5) is 23.8. The third-order valence-corrected chi connectivity index (χ3v) is 3.64. The van der Waals surface area contributed by atoms with E-state index >= 15 is 0 Å². The van der Waals surface area contributed by atoms with Gasteiger partial charge in [-0.2, -0.15) is 0 Å². The van der Waals surface area contributed by atoms with Crippen LogP contribution in [-0.2, 0) is 6.61 Å². The Bertz CT molecular complexity index is 886. The van der Waals surface area contributed by atoms with Crippen LogP contribution in [0.2, 0.25) is 0 Å². The van der Waals surface area contributed by atoms with E-state index in [1.807, 2.05) is 30.3 Å². The van der Waals surface area contributed by atoms with Gasteiger partial charge in [-0.3, -0.25) is 9.59 Å². The zero-order chi connectivity index (χ0) is 18.4. The van der Waals surface area contributed by atoms with Crippen molar-refractivity contribution in [3.63, 3.8) is 0 Å². The molecule has 0 fully saturated rings. The van der Waals surface area contributed by atoms with Crippen molar-refractivity contribution in [2.75, 3.05) is 12.4 Å². The van der Waals surface area contributed by atoms with Gasteiger partial charge in [-0.15, -0.1) is 0 Å². The van der Waals surface area contributed by atoms with Crippen LogP contribution in [-0.4, -0.2) is 18.9 Å². The summed E-state index contributed by atoms with van der Waals surface area (Å²) in [6, 6.07) is 19.2. The standard InChI is InChI=1S/C20H18N2O4/c1-21-19(23)14-7-9-15(10-8-14)22-20(24)18-12-11-17(26-18)13-25-16-5-3-2-4-6-16/h2-12H,13H2,1H3,(H,21,23)(H,22,24). The second-order valence-corrected chi connectivity index (χ2v) is 5.48. The van der Waals surface area contributed by atoms with Crippen molar-refractivity contribution in [2.45, 2.75) is 6.61 Å². The van der Waals surface area contributed by atoms with E-state index in [2.05, 4.69) is 10.6 Å². The number of hydrogen-bond acceptors (Lipinski definition) is 4. The van der Waals surface area contributed by atoms with E-state index in [1.165, 1.54) is 0 Å². The molecule has 3 aromatic rings. The Kier molecular flexibility index (Phi) is 5.34. The molecule has 6 heteroatoms. The Hall–Kier alpha value is -3.54. The third kappa shape index (κ3) is 4.30. The minimum absolute atomic E-state index is 0.183. The first-order valence-corrected chi connectivity index (χ1v) is 8.06. The monoisotopic (exact) mass is 350 g/mol. The van der Waals surface area contributed by atoms with Gasteiger partial charge in [-0.25, -0.2) is 0 Å². The Balaban J connectivity index is 1.58. The Labute approximate surface area is 150 Å². The van der Waals surface area contributed by atoms with Crippen molar-refractivity contribution in [1.29, 1.82) is 0 Å². The number of furan rings is 1. The number of ether oxygens (including phenoxy) is 1. The van der Waals surface area contributed by atoms with Crippen LogP contribution in [0.15, 0.2) is 71.1 Å². The van der Waals surface area contributed by atoms with E-state index in [-0.39, 0.29) is 24.2 Å². The van der Waals surface area contributed by atoms with Gasteiger partial charge in [0.1, 0.15) is 18.1 Å². The molecule has 1 aromatic heterocycles. The number of carbonyl (C=O) groups is 2. The van der Waals surface area contributed by atoms with Crippen LogP contribution in [0.1, 0.15) is 26.7 Å². The van der Waals surface area contributed by atoms with Crippen LogP contribution in [0.3, 0.4) is 0 Å². The normalized spacial score (nSPS) is 10.2. The number of benzene rings is 2. The van der Waals surface area contributed by atoms with Gasteiger partial charge in [-0.1, -0.05) is 18.2 Å². The number of rotatable bonds is 6. The summed E-state index contributed by atoms with van der Waals surface area (Å²) in [5.74, 6) is 0.910. The van der Waals surface area contributed by atoms with Gasteiger partial charge in [-0.05, 0) is 48.5 Å². The first-order valence-electron chi connectivity index (χ1n) is 8.06. The van der Waals surface area contributed by atoms with Crippen molar-refractivity contribution in [3.05, 3.63) is 83.8 Å². The minimum Gasteiger partial charge on any atom is -0.486 e. The van der Waals surface area contributed by atoms with Gasteiger partial charge in [0.15, 0.2) is 5.76 Å². The van der Waals surface area contributed by atoms with Gasteiger partial charge in [0.05, 0.1) is 0 Å². The number of para-hydroxylation sites is 1. The molecule has 0 aliphatic heterocycles. The van der Waals surface area contributed by atoms with E-state index in [0.29, 0.717) is 17.0 Å². The van der Waals surface area contributed by atoms with Gasteiger partial charge in [0.2, 0.25) is 0 Å². The third-order valence-electron chi connectivity index (χ3n) is 3.64. The zero-order valence-corrected chi connectivity index (χ0v) is 14.2. The van der Waals surface area contributed by atoms with Crippen molar-refractivity contribution >= 4 is 17.5 Å². The predicted octanol–water partition coefficient (Wildman–Crippen LogP) is 3.47. The molecule has 3 rings (SSSR count). The molecule has 0 spiro atoms. The average Bonchev–Trinajstić information content (AvgIpc) is 3.16. The predicted molar refractivity (Wildman–Crippen MR) is 97.3 cm³/mol. The van der Waals surface area contributed by atoms with Crippen LogP contribution < -0.4 is 15.4 Å². The lowest BCUT2D eigenvalue weighted by Crippen LogP contribution is -2.17. The van der Waals surface area contributed by atoms with E-state index in [9.17, 15) is 9.59 Å². The number of nitrogens with one attached hydrogen (secondary N) is 2. The highest BCUT2D eigenvalue weighted by Gasteiger charge is 2.12. The van der Waals surface area contributed by atoms with Crippen molar-refractivity contribution in [1.82, 2.24) is 5.32 Å². The summed E-state index contributed by atoms with van der Waals surface area (Å²) in [6.45, 7) is 0.234. The Morgan fingerprint density at radius 2 is 1.65 bits per heavy atom. The molecule has 2 amide bonds. The first kappa shape index (κ1) is 17.3. The maximum absolute atomic E-state index is 12.3. The van der Waals surface area contributed by atoms with Crippen LogP contribution >= 0.6 is 0 Å². The summed E-state index contributed by atoms with van der Waals surface area (Å²) in [5.41, 5.74) is 1.09. The van der Waals surface area contributed by atoms with E-state index in [1.54, 1.807) is 43.4 Å². The molecular formula is C20H18N2O4. The Morgan fingerprint density at radius 3 is 2.35 bits per heavy atom. The molecule has 6 nitrogen and oxygen atoms in total.